The molecule has 0 aliphatic heterocycles. The molecule has 15 heavy (non-hydrogen) atoms. The predicted molar refractivity (Wildman–Crippen MR) is 64.0 cm³/mol. The van der Waals surface area contributed by atoms with Crippen molar-refractivity contribution in [2.45, 2.75) is 38.7 Å². The van der Waals surface area contributed by atoms with Gasteiger partial charge in [0.05, 0.1) is 6.10 Å². The number of hydrogen-bond donors (Lipinski definition) is 0. The van der Waals surface area contributed by atoms with Crippen LogP contribution in [0.25, 0.3) is 6.08 Å². The lowest BCUT2D eigenvalue weighted by molar-refractivity contribution is 0.210. The largest absolute Gasteiger partial charge is 0.490 e. The van der Waals surface area contributed by atoms with Gasteiger partial charge in [-0.05, 0) is 50.3 Å². The molecule has 0 heterocycles. The minimum absolute atomic E-state index is 0.456. The topological polar surface area (TPSA) is 9.23 Å². The molecule has 1 aromatic carbocycles. The summed E-state index contributed by atoms with van der Waals surface area (Å²) < 4.78 is 5.88. The number of hydrogen-bond acceptors (Lipinski definition) is 1. The van der Waals surface area contributed by atoms with E-state index in [2.05, 4.69) is 30.3 Å². The van der Waals surface area contributed by atoms with Gasteiger partial charge in [0.25, 0.3) is 0 Å². The van der Waals surface area contributed by atoms with E-state index < -0.39 is 0 Å². The zero-order valence-corrected chi connectivity index (χ0v) is 9.28. The summed E-state index contributed by atoms with van der Waals surface area (Å²) in [6, 6.07) is 8.33. The average Bonchev–Trinajstić information content (AvgIpc) is 2.74. The number of benzene rings is 1. The van der Waals surface area contributed by atoms with Crippen molar-refractivity contribution in [2.75, 3.05) is 0 Å². The van der Waals surface area contributed by atoms with E-state index in [1.54, 1.807) is 0 Å². The van der Waals surface area contributed by atoms with Crippen LogP contribution in [0.5, 0.6) is 5.75 Å². The first-order valence-corrected chi connectivity index (χ1v) is 5.78. The molecule has 0 saturated heterocycles. The monoisotopic (exact) mass is 202 g/mol. The van der Waals surface area contributed by atoms with Crippen molar-refractivity contribution in [3.05, 3.63) is 35.9 Å². The van der Waals surface area contributed by atoms with E-state index in [0.717, 1.165) is 5.75 Å². The summed E-state index contributed by atoms with van der Waals surface area (Å²) in [5.74, 6) is 1.01. The lowest BCUT2D eigenvalue weighted by atomic mass is 10.2. The van der Waals surface area contributed by atoms with Gasteiger partial charge in [-0.1, -0.05) is 24.3 Å². The second-order valence-corrected chi connectivity index (χ2v) is 4.09. The Bertz CT molecular complexity index is 318. The van der Waals surface area contributed by atoms with E-state index in [-0.39, 0.29) is 0 Å². The molecule has 0 amide bonds. The molecule has 0 aromatic heterocycles. The summed E-state index contributed by atoms with van der Waals surface area (Å²) in [7, 11) is 0. The van der Waals surface area contributed by atoms with Crippen molar-refractivity contribution in [1.82, 2.24) is 0 Å². The molecule has 1 heteroatoms. The summed E-state index contributed by atoms with van der Waals surface area (Å²) >= 11 is 0. The van der Waals surface area contributed by atoms with Gasteiger partial charge in [-0.2, -0.15) is 0 Å². The van der Waals surface area contributed by atoms with Gasteiger partial charge in [0.15, 0.2) is 0 Å². The summed E-state index contributed by atoms with van der Waals surface area (Å²) in [4.78, 5) is 0. The first-order valence-electron chi connectivity index (χ1n) is 5.78. The average molecular weight is 202 g/mol. The maximum absolute atomic E-state index is 5.88. The van der Waals surface area contributed by atoms with Gasteiger partial charge in [-0.25, -0.2) is 0 Å². The minimum Gasteiger partial charge on any atom is -0.490 e. The summed E-state index contributed by atoms with van der Waals surface area (Å²) in [5, 5.41) is 0. The molecule has 80 valence electrons. The first kappa shape index (κ1) is 10.3. The highest BCUT2D eigenvalue weighted by Gasteiger charge is 2.15. The summed E-state index contributed by atoms with van der Waals surface area (Å²) in [6.07, 6.45) is 9.68. The molecule has 0 bridgehead atoms. The molecule has 1 fully saturated rings. The third-order valence-corrected chi connectivity index (χ3v) is 2.84. The van der Waals surface area contributed by atoms with E-state index in [0.29, 0.717) is 6.10 Å². The van der Waals surface area contributed by atoms with Gasteiger partial charge in [0, 0.05) is 0 Å². The molecular formula is C14H18O. The molecule has 1 nitrogen and oxygen atoms in total. The lowest BCUT2D eigenvalue weighted by Crippen LogP contribution is -2.10. The standard InChI is InChI=1S/C14H18O/c1-2-5-12-8-10-14(11-9-12)15-13-6-3-4-7-13/h2,5,8-11,13H,3-4,6-7H2,1H3. The smallest absolute Gasteiger partial charge is 0.119 e. The Morgan fingerprint density at radius 3 is 2.40 bits per heavy atom. The third kappa shape index (κ3) is 2.85. The van der Waals surface area contributed by atoms with Gasteiger partial charge in [0.2, 0.25) is 0 Å². The van der Waals surface area contributed by atoms with Crippen molar-refractivity contribution >= 4 is 6.08 Å². The molecule has 0 unspecified atom stereocenters. The Morgan fingerprint density at radius 1 is 1.13 bits per heavy atom. The molecule has 0 N–H and O–H groups in total. The van der Waals surface area contributed by atoms with Crippen LogP contribution < -0.4 is 4.74 Å². The van der Waals surface area contributed by atoms with Crippen LogP contribution in [-0.2, 0) is 0 Å². The zero-order valence-electron chi connectivity index (χ0n) is 9.28. The molecule has 1 aliphatic carbocycles. The second-order valence-electron chi connectivity index (χ2n) is 4.09. The highest BCUT2D eigenvalue weighted by molar-refractivity contribution is 5.50. The van der Waals surface area contributed by atoms with Gasteiger partial charge in [0.1, 0.15) is 5.75 Å². The van der Waals surface area contributed by atoms with Crippen LogP contribution in [-0.4, -0.2) is 6.10 Å². The lowest BCUT2D eigenvalue weighted by Gasteiger charge is -2.12. The maximum Gasteiger partial charge on any atom is 0.119 e. The predicted octanol–water partition coefficient (Wildman–Crippen LogP) is 4.04. The normalized spacial score (nSPS) is 17.4. The van der Waals surface area contributed by atoms with Crippen molar-refractivity contribution in [1.29, 1.82) is 0 Å². The highest BCUT2D eigenvalue weighted by Crippen LogP contribution is 2.24. The van der Waals surface area contributed by atoms with Gasteiger partial charge >= 0.3 is 0 Å². The molecule has 1 saturated carbocycles. The highest BCUT2D eigenvalue weighted by atomic mass is 16.5. The summed E-state index contributed by atoms with van der Waals surface area (Å²) in [5.41, 5.74) is 1.23. The molecule has 0 spiro atoms. The third-order valence-electron chi connectivity index (χ3n) is 2.84. The van der Waals surface area contributed by atoms with Gasteiger partial charge < -0.3 is 4.74 Å². The number of rotatable bonds is 3. The van der Waals surface area contributed by atoms with Crippen LogP contribution in [0.1, 0.15) is 38.2 Å². The maximum atomic E-state index is 5.88. The van der Waals surface area contributed by atoms with Crippen LogP contribution in [0, 0.1) is 0 Å². The first-order chi connectivity index (χ1) is 7.38. The van der Waals surface area contributed by atoms with E-state index in [9.17, 15) is 0 Å². The molecule has 2 rings (SSSR count). The van der Waals surface area contributed by atoms with Crippen LogP contribution in [0.15, 0.2) is 30.3 Å². The number of ether oxygens (including phenoxy) is 1. The van der Waals surface area contributed by atoms with Gasteiger partial charge in [-0.3, -0.25) is 0 Å². The zero-order chi connectivity index (χ0) is 10.5. The fourth-order valence-electron chi connectivity index (χ4n) is 2.05. The Hall–Kier alpha value is -1.24. The van der Waals surface area contributed by atoms with Crippen LogP contribution in [0.4, 0.5) is 0 Å². The van der Waals surface area contributed by atoms with Crippen molar-refractivity contribution in [3.8, 4) is 5.75 Å². The molecule has 1 aromatic rings. The summed E-state index contributed by atoms with van der Waals surface area (Å²) in [6.45, 7) is 2.03. The van der Waals surface area contributed by atoms with Crippen LogP contribution in [0.2, 0.25) is 0 Å². The van der Waals surface area contributed by atoms with E-state index in [1.165, 1.54) is 31.2 Å². The Labute approximate surface area is 91.8 Å². The van der Waals surface area contributed by atoms with E-state index >= 15 is 0 Å². The van der Waals surface area contributed by atoms with Gasteiger partial charge in [-0.15, -0.1) is 0 Å². The fourth-order valence-corrected chi connectivity index (χ4v) is 2.05. The Balaban J connectivity index is 1.97. The molecular weight excluding hydrogens is 184 g/mol. The van der Waals surface area contributed by atoms with Crippen molar-refractivity contribution in [3.63, 3.8) is 0 Å². The van der Waals surface area contributed by atoms with Crippen molar-refractivity contribution in [2.24, 2.45) is 0 Å². The van der Waals surface area contributed by atoms with Crippen molar-refractivity contribution < 1.29 is 4.74 Å². The molecule has 0 atom stereocenters. The van der Waals surface area contributed by atoms with Crippen LogP contribution >= 0.6 is 0 Å². The Morgan fingerprint density at radius 2 is 1.80 bits per heavy atom. The quantitative estimate of drug-likeness (QED) is 0.718. The minimum atomic E-state index is 0.456. The fraction of sp³-hybridized carbons (Fsp3) is 0.429. The van der Waals surface area contributed by atoms with E-state index in [1.807, 2.05) is 13.0 Å². The molecule has 1 aliphatic rings. The second kappa shape index (κ2) is 5.01. The van der Waals surface area contributed by atoms with E-state index in [4.69, 9.17) is 4.74 Å². The molecule has 0 radical (unpaired) electrons. The number of allylic oxidation sites excluding steroid dienone is 1. The Kier molecular flexibility index (Phi) is 3.44. The van der Waals surface area contributed by atoms with Crippen LogP contribution in [0.3, 0.4) is 0 Å². The SMILES string of the molecule is CC=Cc1ccc(OC2CCCC2)cc1.